The lowest BCUT2D eigenvalue weighted by Gasteiger charge is -2.28. The van der Waals surface area contributed by atoms with Crippen molar-refractivity contribution in [1.29, 1.82) is 0 Å². The number of aromatic nitrogens is 2. The fourth-order valence-electron chi connectivity index (χ4n) is 4.68. The quantitative estimate of drug-likeness (QED) is 0.273. The van der Waals surface area contributed by atoms with Gasteiger partial charge in [0.05, 0.1) is 23.5 Å². The van der Waals surface area contributed by atoms with Crippen molar-refractivity contribution in [1.82, 2.24) is 14.9 Å². The van der Waals surface area contributed by atoms with E-state index in [0.29, 0.717) is 15.8 Å². The highest BCUT2D eigenvalue weighted by Gasteiger charge is 2.42. The fourth-order valence-corrected chi connectivity index (χ4v) is 5.46. The van der Waals surface area contributed by atoms with Crippen LogP contribution < -0.4 is 10.2 Å². The number of thiocarbonyl (C=S) groups is 1. The molecule has 2 atom stereocenters. The van der Waals surface area contributed by atoms with Gasteiger partial charge in [-0.1, -0.05) is 33.6 Å². The van der Waals surface area contributed by atoms with E-state index in [-0.39, 0.29) is 17.8 Å². The molecule has 0 spiro atoms. The molecule has 1 saturated heterocycles. The summed E-state index contributed by atoms with van der Waals surface area (Å²) in [6.45, 7) is 4.08. The molecule has 3 heterocycles. The highest BCUT2D eigenvalue weighted by Crippen LogP contribution is 2.44. The number of hydrogen-bond donors (Lipinski definition) is 2. The summed E-state index contributed by atoms with van der Waals surface area (Å²) in [5.74, 6) is 0.170. The van der Waals surface area contributed by atoms with E-state index in [1.54, 1.807) is 24.4 Å². The molecule has 2 N–H and O–H groups in total. The van der Waals surface area contributed by atoms with E-state index in [2.05, 4.69) is 44.1 Å². The Morgan fingerprint density at radius 1 is 1.06 bits per heavy atom. The summed E-state index contributed by atoms with van der Waals surface area (Å²) >= 11 is 15.6. The first-order chi connectivity index (χ1) is 16.3. The molecule has 0 radical (unpaired) electrons. The first-order valence-corrected chi connectivity index (χ1v) is 12.4. The van der Waals surface area contributed by atoms with Gasteiger partial charge < -0.3 is 19.9 Å². The molecule has 34 heavy (non-hydrogen) atoms. The first kappa shape index (κ1) is 22.9. The SMILES string of the molecule is Cc1cc([C@@H]2[C@H](c3ccccn3)NC(=S)N2c2ccc(Br)cc2)c(C)n1-c1cc(Cl)ccc1O. The van der Waals surface area contributed by atoms with Crippen LogP contribution in [0.2, 0.25) is 5.02 Å². The number of nitrogens with one attached hydrogen (secondary N) is 1. The van der Waals surface area contributed by atoms with Crippen molar-refractivity contribution in [3.05, 3.63) is 105 Å². The highest BCUT2D eigenvalue weighted by molar-refractivity contribution is 9.10. The van der Waals surface area contributed by atoms with Crippen molar-refractivity contribution in [3.63, 3.8) is 0 Å². The second-order valence-corrected chi connectivity index (χ2v) is 10.0. The zero-order valence-corrected chi connectivity index (χ0v) is 21.7. The molecule has 0 bridgehead atoms. The van der Waals surface area contributed by atoms with Crippen LogP contribution in [0.25, 0.3) is 5.69 Å². The molecule has 2 aromatic carbocycles. The smallest absolute Gasteiger partial charge is 0.174 e. The summed E-state index contributed by atoms with van der Waals surface area (Å²) in [6.07, 6.45) is 1.80. The summed E-state index contributed by atoms with van der Waals surface area (Å²) in [5, 5.41) is 15.3. The molecule has 0 unspecified atom stereocenters. The van der Waals surface area contributed by atoms with Crippen molar-refractivity contribution in [2.75, 3.05) is 4.90 Å². The summed E-state index contributed by atoms with van der Waals surface area (Å²) in [5.41, 5.74) is 5.60. The number of phenols is 1. The largest absolute Gasteiger partial charge is 0.506 e. The summed E-state index contributed by atoms with van der Waals surface area (Å²) in [7, 11) is 0. The number of anilines is 1. The molecule has 1 aliphatic heterocycles. The summed E-state index contributed by atoms with van der Waals surface area (Å²) < 4.78 is 3.04. The first-order valence-electron chi connectivity index (χ1n) is 10.8. The highest BCUT2D eigenvalue weighted by atomic mass is 79.9. The number of halogens is 2. The van der Waals surface area contributed by atoms with E-state index in [1.807, 2.05) is 54.0 Å². The molecule has 5 rings (SSSR count). The lowest BCUT2D eigenvalue weighted by molar-refractivity contribution is 0.471. The summed E-state index contributed by atoms with van der Waals surface area (Å²) in [6, 6.07) is 21.0. The second kappa shape index (κ2) is 9.06. The van der Waals surface area contributed by atoms with Gasteiger partial charge in [-0.15, -0.1) is 0 Å². The van der Waals surface area contributed by atoms with Gasteiger partial charge in [0.25, 0.3) is 0 Å². The van der Waals surface area contributed by atoms with Gasteiger partial charge in [0.2, 0.25) is 0 Å². The zero-order valence-electron chi connectivity index (χ0n) is 18.5. The maximum absolute atomic E-state index is 10.6. The third-order valence-electron chi connectivity index (χ3n) is 6.17. The van der Waals surface area contributed by atoms with Crippen LogP contribution in [0.15, 0.2) is 77.4 Å². The molecule has 0 aliphatic carbocycles. The van der Waals surface area contributed by atoms with Crippen LogP contribution in [0, 0.1) is 13.8 Å². The third kappa shape index (κ3) is 3.98. The molecule has 0 saturated carbocycles. The number of benzene rings is 2. The van der Waals surface area contributed by atoms with Gasteiger partial charge in [0, 0.05) is 32.8 Å². The molecule has 4 aromatic rings. The Balaban J connectivity index is 1.70. The van der Waals surface area contributed by atoms with E-state index in [0.717, 1.165) is 32.8 Å². The number of phenolic OH excluding ortho intramolecular Hbond substituents is 1. The van der Waals surface area contributed by atoms with Crippen LogP contribution in [0.4, 0.5) is 5.69 Å². The molecular formula is C26H22BrClN4OS. The lowest BCUT2D eigenvalue weighted by atomic mass is 9.96. The predicted octanol–water partition coefficient (Wildman–Crippen LogP) is 6.79. The van der Waals surface area contributed by atoms with Crippen LogP contribution in [0.5, 0.6) is 5.75 Å². The normalized spacial score (nSPS) is 17.8. The van der Waals surface area contributed by atoms with E-state index in [1.165, 1.54) is 0 Å². The average molecular weight is 554 g/mol. The molecule has 0 amide bonds. The predicted molar refractivity (Wildman–Crippen MR) is 144 cm³/mol. The summed E-state index contributed by atoms with van der Waals surface area (Å²) in [4.78, 5) is 6.78. The molecule has 1 fully saturated rings. The van der Waals surface area contributed by atoms with Gasteiger partial charge >= 0.3 is 0 Å². The Labute approximate surface area is 217 Å². The van der Waals surface area contributed by atoms with Crippen molar-refractivity contribution < 1.29 is 5.11 Å². The van der Waals surface area contributed by atoms with Gasteiger partial charge in [-0.2, -0.15) is 0 Å². The Hall–Kier alpha value is -2.87. The van der Waals surface area contributed by atoms with E-state index < -0.39 is 0 Å². The van der Waals surface area contributed by atoms with Crippen LogP contribution >= 0.6 is 39.7 Å². The van der Waals surface area contributed by atoms with Crippen molar-refractivity contribution in [2.45, 2.75) is 25.9 Å². The number of hydrogen-bond acceptors (Lipinski definition) is 3. The number of pyridine rings is 1. The Kier molecular flexibility index (Phi) is 6.10. The number of aryl methyl sites for hydroxylation is 1. The number of rotatable bonds is 4. The van der Waals surface area contributed by atoms with Crippen LogP contribution in [0.1, 0.15) is 34.7 Å². The molecule has 1 aliphatic rings. The standard InChI is InChI=1S/C26H22BrClN4OS/c1-15-13-20(16(2)31(15)22-14-18(28)8-11-23(22)33)25-24(21-5-3-4-12-29-21)30-26(34)32(25)19-9-6-17(27)7-10-19/h3-14,24-25,33H,1-2H3,(H,30,34)/t24-,25+/m0/s1. The minimum Gasteiger partial charge on any atom is -0.506 e. The van der Waals surface area contributed by atoms with Crippen molar-refractivity contribution in [3.8, 4) is 11.4 Å². The second-order valence-electron chi connectivity index (χ2n) is 8.27. The topological polar surface area (TPSA) is 53.3 Å². The van der Waals surface area contributed by atoms with E-state index in [9.17, 15) is 5.11 Å². The van der Waals surface area contributed by atoms with Gasteiger partial charge in [-0.3, -0.25) is 4.98 Å². The zero-order chi connectivity index (χ0) is 24.0. The molecular weight excluding hydrogens is 532 g/mol. The van der Waals surface area contributed by atoms with Gasteiger partial charge in [-0.05, 0) is 92.3 Å². The fraction of sp³-hybridized carbons (Fsp3) is 0.154. The van der Waals surface area contributed by atoms with Crippen molar-refractivity contribution >= 4 is 50.5 Å². The minimum absolute atomic E-state index is 0.148. The number of nitrogens with zero attached hydrogens (tertiary/aromatic N) is 3. The maximum Gasteiger partial charge on any atom is 0.174 e. The van der Waals surface area contributed by atoms with Gasteiger partial charge in [0.1, 0.15) is 5.75 Å². The number of aromatic hydroxyl groups is 1. The molecule has 2 aromatic heterocycles. The maximum atomic E-state index is 10.6. The molecule has 8 heteroatoms. The van der Waals surface area contributed by atoms with E-state index in [4.69, 9.17) is 23.8 Å². The van der Waals surface area contributed by atoms with Gasteiger partial charge in [-0.25, -0.2) is 0 Å². The molecule has 5 nitrogen and oxygen atoms in total. The Morgan fingerprint density at radius 2 is 1.82 bits per heavy atom. The van der Waals surface area contributed by atoms with Crippen LogP contribution in [-0.2, 0) is 0 Å². The third-order valence-corrected chi connectivity index (χ3v) is 7.25. The van der Waals surface area contributed by atoms with E-state index >= 15 is 0 Å². The lowest BCUT2D eigenvalue weighted by Crippen LogP contribution is -2.29. The Morgan fingerprint density at radius 3 is 2.53 bits per heavy atom. The van der Waals surface area contributed by atoms with Gasteiger partial charge in [0.15, 0.2) is 5.11 Å². The van der Waals surface area contributed by atoms with Crippen LogP contribution in [-0.4, -0.2) is 19.8 Å². The van der Waals surface area contributed by atoms with Crippen molar-refractivity contribution in [2.24, 2.45) is 0 Å². The monoisotopic (exact) mass is 552 g/mol. The average Bonchev–Trinajstić information content (AvgIpc) is 3.32. The van der Waals surface area contributed by atoms with Crippen LogP contribution in [0.3, 0.4) is 0 Å². The minimum atomic E-state index is -0.153. The Bertz CT molecular complexity index is 1370. The molecule has 172 valence electrons.